The molecule has 32 heavy (non-hydrogen) atoms. The molecule has 1 aromatic heterocycles. The van der Waals surface area contributed by atoms with Crippen molar-refractivity contribution in [2.45, 2.75) is 45.1 Å². The number of nitrogens with zero attached hydrogens (tertiary/aromatic N) is 2. The van der Waals surface area contributed by atoms with Gasteiger partial charge in [0.05, 0.1) is 34.1 Å². The van der Waals surface area contributed by atoms with Crippen LogP contribution in [0.2, 0.25) is 0 Å². The first-order valence-corrected chi connectivity index (χ1v) is 11.0. The summed E-state index contributed by atoms with van der Waals surface area (Å²) in [5, 5.41) is 4.00. The van der Waals surface area contributed by atoms with E-state index >= 15 is 0 Å². The summed E-state index contributed by atoms with van der Waals surface area (Å²) in [7, 11) is -4.02. The fraction of sp³-hybridized carbons (Fsp3) is 0.286. The van der Waals surface area contributed by atoms with Gasteiger partial charge in [-0.1, -0.05) is 26.0 Å². The maximum absolute atomic E-state index is 14.0. The van der Waals surface area contributed by atoms with Crippen LogP contribution in [0, 0.1) is 42.9 Å². The summed E-state index contributed by atoms with van der Waals surface area (Å²) in [5.74, 6) is -10.1. The first-order valence-electron chi connectivity index (χ1n) is 9.52. The maximum Gasteiger partial charge on any atom is 0.262 e. The Morgan fingerprint density at radius 2 is 1.41 bits per heavy atom. The maximum atomic E-state index is 14.0. The summed E-state index contributed by atoms with van der Waals surface area (Å²) in [5.41, 5.74) is 0.210. The minimum atomic E-state index is -4.02. The van der Waals surface area contributed by atoms with Crippen LogP contribution in [0.4, 0.5) is 27.6 Å². The van der Waals surface area contributed by atoms with Crippen LogP contribution in [0.5, 0.6) is 0 Å². The highest BCUT2D eigenvalue weighted by atomic mass is 32.2. The van der Waals surface area contributed by atoms with E-state index in [1.807, 2.05) is 13.8 Å². The first-order chi connectivity index (χ1) is 14.8. The van der Waals surface area contributed by atoms with Crippen LogP contribution in [0.3, 0.4) is 0 Å². The van der Waals surface area contributed by atoms with Gasteiger partial charge in [-0.05, 0) is 37.5 Å². The molecule has 3 rings (SSSR count). The highest BCUT2D eigenvalue weighted by molar-refractivity contribution is 7.92. The highest BCUT2D eigenvalue weighted by Gasteiger charge is 2.27. The molecule has 0 aliphatic rings. The van der Waals surface area contributed by atoms with Gasteiger partial charge in [0.1, 0.15) is 0 Å². The molecule has 0 bridgehead atoms. The van der Waals surface area contributed by atoms with Crippen LogP contribution in [0.15, 0.2) is 29.2 Å². The third kappa shape index (κ3) is 4.21. The Kier molecular flexibility index (Phi) is 6.32. The van der Waals surface area contributed by atoms with E-state index in [9.17, 15) is 30.4 Å². The summed E-state index contributed by atoms with van der Waals surface area (Å²) in [6.07, 6.45) is 0. The largest absolute Gasteiger partial charge is 0.276 e. The topological polar surface area (TPSA) is 64.0 Å². The summed E-state index contributed by atoms with van der Waals surface area (Å²) in [4.78, 5) is -0.00628. The van der Waals surface area contributed by atoms with Crippen LogP contribution in [0.25, 0.3) is 0 Å². The van der Waals surface area contributed by atoms with Crippen molar-refractivity contribution in [1.82, 2.24) is 9.78 Å². The van der Waals surface area contributed by atoms with E-state index in [0.717, 1.165) is 10.2 Å². The zero-order valence-corrected chi connectivity index (χ0v) is 18.4. The third-order valence-corrected chi connectivity index (χ3v) is 6.45. The Balaban J connectivity index is 1.95. The summed E-state index contributed by atoms with van der Waals surface area (Å²) >= 11 is 0. The molecule has 0 saturated carbocycles. The highest BCUT2D eigenvalue weighted by Crippen LogP contribution is 2.28. The zero-order chi connectivity index (χ0) is 24.0. The van der Waals surface area contributed by atoms with E-state index in [-0.39, 0.29) is 27.9 Å². The average Bonchev–Trinajstić information content (AvgIpc) is 3.01. The average molecular weight is 473 g/mol. The van der Waals surface area contributed by atoms with Crippen molar-refractivity contribution in [3.63, 3.8) is 0 Å². The number of hydrogen-bond acceptors (Lipinski definition) is 3. The standard InChI is InChI=1S/C21H20F5N3O2S/c1-10(2)13-5-7-14(8-6-13)32(30,31)28-21-11(3)27-29(12(21)4)9-15-16(22)18(24)20(26)19(25)17(15)23/h5-8,10,28H,9H2,1-4H3. The van der Waals surface area contributed by atoms with Crippen LogP contribution in [-0.4, -0.2) is 18.2 Å². The van der Waals surface area contributed by atoms with Gasteiger partial charge >= 0.3 is 0 Å². The number of hydrogen-bond donors (Lipinski definition) is 1. The second kappa shape index (κ2) is 8.53. The van der Waals surface area contributed by atoms with Gasteiger partial charge in [-0.3, -0.25) is 9.40 Å². The van der Waals surface area contributed by atoms with Crippen molar-refractivity contribution < 1.29 is 30.4 Å². The Hall–Kier alpha value is -2.95. The van der Waals surface area contributed by atoms with Gasteiger partial charge in [0.15, 0.2) is 23.3 Å². The molecule has 0 aliphatic carbocycles. The van der Waals surface area contributed by atoms with E-state index < -0.39 is 51.2 Å². The second-order valence-corrected chi connectivity index (χ2v) is 9.26. The molecule has 0 unspecified atom stereocenters. The van der Waals surface area contributed by atoms with Crippen LogP contribution in [0.1, 0.15) is 42.3 Å². The molecular weight excluding hydrogens is 453 g/mol. The van der Waals surface area contributed by atoms with Crippen molar-refractivity contribution in [3.05, 3.63) is 75.9 Å². The smallest absolute Gasteiger partial charge is 0.262 e. The number of rotatable bonds is 6. The molecule has 0 fully saturated rings. The lowest BCUT2D eigenvalue weighted by atomic mass is 10.0. The molecule has 0 atom stereocenters. The zero-order valence-electron chi connectivity index (χ0n) is 17.6. The molecule has 172 valence electrons. The monoisotopic (exact) mass is 473 g/mol. The predicted octanol–water partition coefficient (Wildman–Crippen LogP) is 5.17. The fourth-order valence-electron chi connectivity index (χ4n) is 3.16. The van der Waals surface area contributed by atoms with E-state index in [0.29, 0.717) is 0 Å². The molecule has 11 heteroatoms. The predicted molar refractivity (Wildman–Crippen MR) is 108 cm³/mol. The van der Waals surface area contributed by atoms with Crippen LogP contribution >= 0.6 is 0 Å². The van der Waals surface area contributed by atoms with Crippen LogP contribution < -0.4 is 4.72 Å². The number of benzene rings is 2. The molecular formula is C21H20F5N3O2S. The third-order valence-electron chi connectivity index (χ3n) is 5.08. The normalized spacial score (nSPS) is 11.9. The molecule has 2 aromatic carbocycles. The van der Waals surface area contributed by atoms with Gasteiger partial charge in [0.2, 0.25) is 5.82 Å². The van der Waals surface area contributed by atoms with Crippen molar-refractivity contribution in [2.24, 2.45) is 0 Å². The van der Waals surface area contributed by atoms with Gasteiger partial charge in [-0.2, -0.15) is 5.10 Å². The first kappa shape index (κ1) is 23.7. The van der Waals surface area contributed by atoms with Crippen molar-refractivity contribution >= 4 is 15.7 Å². The Morgan fingerprint density at radius 1 is 0.906 bits per heavy atom. The lowest BCUT2D eigenvalue weighted by molar-refractivity contribution is 0.366. The van der Waals surface area contributed by atoms with Crippen molar-refractivity contribution in [3.8, 4) is 0 Å². The summed E-state index contributed by atoms with van der Waals surface area (Å²) in [6, 6.07) is 6.26. The number of aryl methyl sites for hydroxylation is 1. The lowest BCUT2D eigenvalue weighted by Gasteiger charge is -2.12. The lowest BCUT2D eigenvalue weighted by Crippen LogP contribution is -2.15. The quantitative estimate of drug-likeness (QED) is 0.305. The number of anilines is 1. The fourth-order valence-corrected chi connectivity index (χ4v) is 4.34. The molecule has 1 heterocycles. The number of aromatic nitrogens is 2. The van der Waals surface area contributed by atoms with Gasteiger partial charge in [-0.15, -0.1) is 0 Å². The minimum Gasteiger partial charge on any atom is -0.276 e. The molecule has 1 N–H and O–H groups in total. The molecule has 0 radical (unpaired) electrons. The molecule has 5 nitrogen and oxygen atoms in total. The molecule has 0 spiro atoms. The Morgan fingerprint density at radius 3 is 1.91 bits per heavy atom. The Labute approximate surface area is 181 Å². The van der Waals surface area contributed by atoms with E-state index in [1.54, 1.807) is 12.1 Å². The second-order valence-electron chi connectivity index (χ2n) is 7.58. The van der Waals surface area contributed by atoms with Gasteiger partial charge in [0, 0.05) is 0 Å². The number of nitrogens with one attached hydrogen (secondary N) is 1. The van der Waals surface area contributed by atoms with E-state index in [4.69, 9.17) is 0 Å². The van der Waals surface area contributed by atoms with E-state index in [2.05, 4.69) is 9.82 Å². The SMILES string of the molecule is Cc1nn(Cc2c(F)c(F)c(F)c(F)c2F)c(C)c1NS(=O)(=O)c1ccc(C(C)C)cc1. The van der Waals surface area contributed by atoms with Gasteiger partial charge in [-0.25, -0.2) is 30.4 Å². The summed E-state index contributed by atoms with van der Waals surface area (Å²) in [6.45, 7) is 6.00. The number of sulfonamides is 1. The van der Waals surface area contributed by atoms with Crippen LogP contribution in [-0.2, 0) is 16.6 Å². The molecule has 0 amide bonds. The molecule has 3 aromatic rings. The molecule has 0 aliphatic heterocycles. The summed E-state index contributed by atoms with van der Waals surface area (Å²) < 4.78 is 97.2. The van der Waals surface area contributed by atoms with Gasteiger partial charge < -0.3 is 0 Å². The number of halogens is 5. The minimum absolute atomic E-state index is 0.00628. The Bertz CT molecular complexity index is 1260. The van der Waals surface area contributed by atoms with Crippen molar-refractivity contribution in [1.29, 1.82) is 0 Å². The van der Waals surface area contributed by atoms with Crippen molar-refractivity contribution in [2.75, 3.05) is 4.72 Å². The van der Waals surface area contributed by atoms with Gasteiger partial charge in [0.25, 0.3) is 10.0 Å². The van der Waals surface area contributed by atoms with E-state index in [1.165, 1.54) is 26.0 Å². The molecule has 0 saturated heterocycles.